The molecule has 1 aromatic rings. The summed E-state index contributed by atoms with van der Waals surface area (Å²) >= 11 is 0. The van der Waals surface area contributed by atoms with Crippen LogP contribution >= 0.6 is 0 Å². The summed E-state index contributed by atoms with van der Waals surface area (Å²) in [6.45, 7) is 5.87. The quantitative estimate of drug-likeness (QED) is 0.767. The third-order valence-corrected chi connectivity index (χ3v) is 5.47. The molecular weight excluding hydrogens is 302 g/mol. The predicted molar refractivity (Wildman–Crippen MR) is 95.9 cm³/mol. The van der Waals surface area contributed by atoms with Crippen molar-refractivity contribution >= 4 is 0 Å². The van der Waals surface area contributed by atoms with Crippen molar-refractivity contribution in [3.8, 4) is 11.6 Å². The van der Waals surface area contributed by atoms with Crippen LogP contribution < -0.4 is 9.47 Å². The van der Waals surface area contributed by atoms with Gasteiger partial charge in [0, 0.05) is 18.3 Å². The maximum atomic E-state index is 6.13. The Hall–Kier alpha value is -1.33. The third-order valence-electron chi connectivity index (χ3n) is 5.47. The average molecular weight is 333 g/mol. The normalized spacial score (nSPS) is 25.3. The number of aryl methyl sites for hydroxylation is 1. The topological polar surface area (TPSA) is 37.8 Å². The Labute approximate surface area is 145 Å². The minimum Gasteiger partial charge on any atom is -0.486 e. The highest BCUT2D eigenvalue weighted by molar-refractivity contribution is 5.36. The van der Waals surface area contributed by atoms with Crippen molar-refractivity contribution in [1.82, 2.24) is 14.8 Å². The first-order chi connectivity index (χ1) is 11.7. The van der Waals surface area contributed by atoms with Gasteiger partial charge in [-0.2, -0.15) is 0 Å². The summed E-state index contributed by atoms with van der Waals surface area (Å²) in [5.41, 5.74) is 1.19. The Morgan fingerprint density at radius 2 is 1.67 bits per heavy atom. The van der Waals surface area contributed by atoms with Gasteiger partial charge in [0.15, 0.2) is 5.75 Å². The molecule has 2 aliphatic heterocycles. The Bertz CT molecular complexity index is 537. The van der Waals surface area contributed by atoms with E-state index in [-0.39, 0.29) is 0 Å². The molecule has 5 nitrogen and oxygen atoms in total. The molecule has 0 bridgehead atoms. The van der Waals surface area contributed by atoms with Crippen LogP contribution in [0.1, 0.15) is 38.2 Å². The summed E-state index contributed by atoms with van der Waals surface area (Å²) in [5.74, 6) is 1.45. The summed E-state index contributed by atoms with van der Waals surface area (Å²) in [6.07, 6.45) is 7.78. The number of aromatic nitrogens is 1. The SMILES string of the molecule is CCc1cnc(OC[C@@H]2CCCN2C)c(OC[C@@H]2CCCN2C)c1. The second-order valence-corrected chi connectivity index (χ2v) is 7.18. The van der Waals surface area contributed by atoms with Gasteiger partial charge < -0.3 is 19.3 Å². The zero-order valence-corrected chi connectivity index (χ0v) is 15.3. The van der Waals surface area contributed by atoms with Crippen molar-refractivity contribution in [2.75, 3.05) is 40.4 Å². The lowest BCUT2D eigenvalue weighted by Crippen LogP contribution is -2.31. The van der Waals surface area contributed by atoms with Crippen molar-refractivity contribution in [2.45, 2.75) is 51.1 Å². The van der Waals surface area contributed by atoms with E-state index < -0.39 is 0 Å². The van der Waals surface area contributed by atoms with Gasteiger partial charge in [0.1, 0.15) is 13.2 Å². The van der Waals surface area contributed by atoms with Crippen LogP contribution in [0.4, 0.5) is 0 Å². The third kappa shape index (κ3) is 4.19. The Morgan fingerprint density at radius 3 is 2.21 bits per heavy atom. The molecule has 2 atom stereocenters. The first-order valence-electron chi connectivity index (χ1n) is 9.32. The molecule has 3 heterocycles. The summed E-state index contributed by atoms with van der Waals surface area (Å²) in [6, 6.07) is 3.09. The number of likely N-dealkylation sites (N-methyl/N-ethyl adjacent to an activating group) is 2. The second-order valence-electron chi connectivity index (χ2n) is 7.18. The fourth-order valence-corrected chi connectivity index (χ4v) is 3.62. The maximum absolute atomic E-state index is 6.13. The van der Waals surface area contributed by atoms with Crippen molar-refractivity contribution < 1.29 is 9.47 Å². The van der Waals surface area contributed by atoms with E-state index in [1.54, 1.807) is 0 Å². The van der Waals surface area contributed by atoms with E-state index in [1.807, 2.05) is 6.20 Å². The zero-order valence-electron chi connectivity index (χ0n) is 15.3. The number of ether oxygens (including phenoxy) is 2. The minimum atomic E-state index is 0.492. The molecule has 3 rings (SSSR count). The Kier molecular flexibility index (Phi) is 5.95. The molecule has 2 fully saturated rings. The Morgan fingerprint density at radius 1 is 1.04 bits per heavy atom. The summed E-state index contributed by atoms with van der Waals surface area (Å²) < 4.78 is 12.2. The molecule has 0 saturated carbocycles. The number of rotatable bonds is 7. The summed E-state index contributed by atoms with van der Waals surface area (Å²) in [7, 11) is 4.34. The number of hydrogen-bond donors (Lipinski definition) is 0. The van der Waals surface area contributed by atoms with Crippen molar-refractivity contribution in [3.63, 3.8) is 0 Å². The van der Waals surface area contributed by atoms with Crippen molar-refractivity contribution in [3.05, 3.63) is 17.8 Å². The van der Waals surface area contributed by atoms with Gasteiger partial charge in [-0.05, 0) is 70.9 Å². The molecular formula is C19H31N3O2. The van der Waals surface area contributed by atoms with Crippen LogP contribution in [0.5, 0.6) is 11.6 Å². The lowest BCUT2D eigenvalue weighted by atomic mass is 10.2. The van der Waals surface area contributed by atoms with Crippen LogP contribution in [0.3, 0.4) is 0 Å². The van der Waals surface area contributed by atoms with Gasteiger partial charge in [-0.25, -0.2) is 4.98 Å². The van der Waals surface area contributed by atoms with Gasteiger partial charge >= 0.3 is 0 Å². The summed E-state index contributed by atoms with van der Waals surface area (Å²) in [5, 5.41) is 0. The van der Waals surface area contributed by atoms with Crippen LogP contribution in [0.15, 0.2) is 12.3 Å². The van der Waals surface area contributed by atoms with E-state index in [0.29, 0.717) is 31.2 Å². The predicted octanol–water partition coefficient (Wildman–Crippen LogP) is 2.59. The summed E-state index contributed by atoms with van der Waals surface area (Å²) in [4.78, 5) is 9.27. The van der Waals surface area contributed by atoms with Crippen molar-refractivity contribution in [2.24, 2.45) is 0 Å². The van der Waals surface area contributed by atoms with Crippen LogP contribution in [0, 0.1) is 0 Å². The highest BCUT2D eigenvalue weighted by atomic mass is 16.5. The van der Waals surface area contributed by atoms with E-state index in [0.717, 1.165) is 18.7 Å². The monoisotopic (exact) mass is 333 g/mol. The standard InChI is InChI=1S/C19H31N3O2/c1-4-15-11-18(23-13-16-7-5-9-21(16)2)19(20-12-15)24-14-17-8-6-10-22(17)3/h11-12,16-17H,4-10,13-14H2,1-3H3/t16-,17-/m0/s1. The molecule has 0 aliphatic carbocycles. The van der Waals surface area contributed by atoms with Gasteiger partial charge in [0.25, 0.3) is 5.88 Å². The minimum absolute atomic E-state index is 0.492. The van der Waals surface area contributed by atoms with Gasteiger partial charge in [0.05, 0.1) is 0 Å². The van der Waals surface area contributed by atoms with Gasteiger partial charge in [-0.3, -0.25) is 0 Å². The van der Waals surface area contributed by atoms with Crippen molar-refractivity contribution in [1.29, 1.82) is 0 Å². The van der Waals surface area contributed by atoms with E-state index in [2.05, 4.69) is 41.9 Å². The lowest BCUT2D eigenvalue weighted by molar-refractivity contribution is 0.169. The first kappa shape index (κ1) is 17.5. The largest absolute Gasteiger partial charge is 0.486 e. The van der Waals surface area contributed by atoms with Crippen LogP contribution in [-0.4, -0.2) is 67.3 Å². The second kappa shape index (κ2) is 8.17. The highest BCUT2D eigenvalue weighted by Crippen LogP contribution is 2.28. The average Bonchev–Trinajstić information content (AvgIpc) is 3.19. The molecule has 1 aromatic heterocycles. The zero-order chi connectivity index (χ0) is 16.9. The van der Waals surface area contributed by atoms with Crippen LogP contribution in [-0.2, 0) is 6.42 Å². The van der Waals surface area contributed by atoms with Gasteiger partial charge in [-0.1, -0.05) is 6.92 Å². The number of nitrogens with zero attached hydrogens (tertiary/aromatic N) is 3. The highest BCUT2D eigenvalue weighted by Gasteiger charge is 2.24. The van der Waals surface area contributed by atoms with Gasteiger partial charge in [0.2, 0.25) is 0 Å². The first-order valence-corrected chi connectivity index (χ1v) is 9.32. The fraction of sp³-hybridized carbons (Fsp3) is 0.737. The fourth-order valence-electron chi connectivity index (χ4n) is 3.62. The number of likely N-dealkylation sites (tertiary alicyclic amines) is 2. The molecule has 2 aliphatic rings. The van der Waals surface area contributed by atoms with E-state index in [4.69, 9.17) is 9.47 Å². The molecule has 134 valence electrons. The van der Waals surface area contributed by atoms with Crippen LogP contribution in [0.25, 0.3) is 0 Å². The van der Waals surface area contributed by atoms with Crippen LogP contribution in [0.2, 0.25) is 0 Å². The number of hydrogen-bond acceptors (Lipinski definition) is 5. The molecule has 0 amide bonds. The van der Waals surface area contributed by atoms with E-state index in [1.165, 1.54) is 37.8 Å². The van der Waals surface area contributed by atoms with E-state index in [9.17, 15) is 0 Å². The lowest BCUT2D eigenvalue weighted by Gasteiger charge is -2.22. The molecule has 0 N–H and O–H groups in total. The smallest absolute Gasteiger partial charge is 0.257 e. The molecule has 0 aromatic carbocycles. The molecule has 0 radical (unpaired) electrons. The molecule has 24 heavy (non-hydrogen) atoms. The molecule has 0 spiro atoms. The molecule has 5 heteroatoms. The van der Waals surface area contributed by atoms with E-state index >= 15 is 0 Å². The van der Waals surface area contributed by atoms with Gasteiger partial charge in [-0.15, -0.1) is 0 Å². The number of pyridine rings is 1. The Balaban J connectivity index is 1.63. The maximum Gasteiger partial charge on any atom is 0.257 e. The molecule has 0 unspecified atom stereocenters. The molecule has 2 saturated heterocycles.